The first-order valence-electron chi connectivity index (χ1n) is 11.1. The average Bonchev–Trinajstić information content (AvgIpc) is 3.59. The van der Waals surface area contributed by atoms with Gasteiger partial charge in [0.1, 0.15) is 10.6 Å². The summed E-state index contributed by atoms with van der Waals surface area (Å²) in [5.41, 5.74) is 1.62. The lowest BCUT2D eigenvalue weighted by atomic mass is 10.2. The maximum atomic E-state index is 12.7. The molecular weight excluding hydrogens is 468 g/mol. The van der Waals surface area contributed by atoms with E-state index in [0.29, 0.717) is 12.3 Å². The molecule has 1 unspecified atom stereocenters. The van der Waals surface area contributed by atoms with Gasteiger partial charge in [0.15, 0.2) is 11.9 Å². The van der Waals surface area contributed by atoms with Gasteiger partial charge in [0.25, 0.3) is 11.8 Å². The zero-order chi connectivity index (χ0) is 24.4. The molecule has 0 aliphatic heterocycles. The van der Waals surface area contributed by atoms with Gasteiger partial charge in [0, 0.05) is 18.9 Å². The molecule has 2 aromatic carbocycles. The van der Waals surface area contributed by atoms with Crippen LogP contribution in [0.15, 0.2) is 63.4 Å². The third-order valence-electron chi connectivity index (χ3n) is 5.39. The molecule has 0 saturated heterocycles. The van der Waals surface area contributed by atoms with Crippen LogP contribution >= 0.6 is 11.3 Å². The Morgan fingerprint density at radius 2 is 1.89 bits per heavy atom. The van der Waals surface area contributed by atoms with Gasteiger partial charge in [0.2, 0.25) is 5.89 Å². The Morgan fingerprint density at radius 3 is 2.71 bits per heavy atom. The maximum absolute atomic E-state index is 12.7. The predicted octanol–water partition coefficient (Wildman–Crippen LogP) is 4.62. The summed E-state index contributed by atoms with van der Waals surface area (Å²) >= 11 is 1.53. The van der Waals surface area contributed by atoms with Gasteiger partial charge < -0.3 is 18.5 Å². The average molecular weight is 491 g/mol. The minimum atomic E-state index is -0.921. The topological polar surface area (TPSA) is 112 Å². The van der Waals surface area contributed by atoms with Gasteiger partial charge in [-0.3, -0.25) is 9.59 Å². The Hall–Kier alpha value is -4.05. The second-order valence-corrected chi connectivity index (χ2v) is 9.17. The van der Waals surface area contributed by atoms with Gasteiger partial charge in [-0.15, -0.1) is 21.5 Å². The second kappa shape index (κ2) is 9.67. The molecule has 0 saturated carbocycles. The third-order valence-corrected chi connectivity index (χ3v) is 6.41. The van der Waals surface area contributed by atoms with E-state index in [1.165, 1.54) is 16.2 Å². The van der Waals surface area contributed by atoms with Crippen molar-refractivity contribution >= 4 is 44.4 Å². The maximum Gasteiger partial charge on any atom is 0.307 e. The fourth-order valence-corrected chi connectivity index (χ4v) is 4.66. The quantitative estimate of drug-likeness (QED) is 0.290. The number of hydrogen-bond acceptors (Lipinski definition) is 9. The van der Waals surface area contributed by atoms with Gasteiger partial charge in [-0.2, -0.15) is 0 Å². The van der Waals surface area contributed by atoms with Crippen molar-refractivity contribution in [2.24, 2.45) is 0 Å². The van der Waals surface area contributed by atoms with Crippen molar-refractivity contribution in [2.45, 2.75) is 32.4 Å². The molecule has 1 atom stereocenters. The third kappa shape index (κ3) is 5.07. The zero-order valence-corrected chi connectivity index (χ0v) is 19.9. The normalized spacial score (nSPS) is 12.2. The highest BCUT2D eigenvalue weighted by atomic mass is 32.1. The van der Waals surface area contributed by atoms with Crippen molar-refractivity contribution in [1.29, 1.82) is 0 Å². The highest BCUT2D eigenvalue weighted by Crippen LogP contribution is 2.27. The number of ether oxygens (including phenoxy) is 1. The molecule has 0 aliphatic carbocycles. The van der Waals surface area contributed by atoms with Crippen LogP contribution in [0.25, 0.3) is 32.8 Å². The Morgan fingerprint density at radius 1 is 1.09 bits per heavy atom. The van der Waals surface area contributed by atoms with Crippen LogP contribution in [0, 0.1) is 0 Å². The minimum Gasteiger partial charge on any atom is -0.453 e. The first kappa shape index (κ1) is 22.7. The van der Waals surface area contributed by atoms with Gasteiger partial charge in [-0.1, -0.05) is 30.3 Å². The van der Waals surface area contributed by atoms with E-state index in [1.807, 2.05) is 54.6 Å². The molecule has 5 rings (SSSR count). The Balaban J connectivity index is 1.12. The van der Waals surface area contributed by atoms with Crippen molar-refractivity contribution in [3.63, 3.8) is 0 Å². The SMILES string of the molecule is CC(OC(=O)CCc1nnc(-c2cc3ccccc3o2)o1)C(=O)N(C)Cc1nc2ccccc2s1. The summed E-state index contributed by atoms with van der Waals surface area (Å²) in [6.45, 7) is 1.90. The molecule has 1 amide bonds. The first-order chi connectivity index (χ1) is 17.0. The van der Waals surface area contributed by atoms with Crippen LogP contribution in [0.5, 0.6) is 0 Å². The van der Waals surface area contributed by atoms with E-state index in [1.54, 1.807) is 14.0 Å². The van der Waals surface area contributed by atoms with Gasteiger partial charge >= 0.3 is 5.97 Å². The molecule has 0 fully saturated rings. The number of aryl methyl sites for hydroxylation is 1. The van der Waals surface area contributed by atoms with E-state index in [0.717, 1.165) is 26.2 Å². The first-order valence-corrected chi connectivity index (χ1v) is 11.9. The van der Waals surface area contributed by atoms with Crippen molar-refractivity contribution in [2.75, 3.05) is 7.05 Å². The summed E-state index contributed by atoms with van der Waals surface area (Å²) < 4.78 is 17.7. The lowest BCUT2D eigenvalue weighted by Gasteiger charge is -2.20. The largest absolute Gasteiger partial charge is 0.453 e. The number of hydrogen-bond donors (Lipinski definition) is 0. The van der Waals surface area contributed by atoms with Crippen LogP contribution < -0.4 is 0 Å². The molecule has 9 nitrogen and oxygen atoms in total. The van der Waals surface area contributed by atoms with Crippen LogP contribution in [0.3, 0.4) is 0 Å². The number of nitrogens with zero attached hydrogens (tertiary/aromatic N) is 4. The van der Waals surface area contributed by atoms with Crippen LogP contribution in [0.4, 0.5) is 0 Å². The lowest BCUT2D eigenvalue weighted by Crippen LogP contribution is -2.37. The summed E-state index contributed by atoms with van der Waals surface area (Å²) in [6.07, 6.45) is -0.731. The molecule has 0 radical (unpaired) electrons. The Bertz CT molecular complexity index is 1440. The lowest BCUT2D eigenvalue weighted by molar-refractivity contribution is -0.158. The Labute approximate surface area is 204 Å². The van der Waals surface area contributed by atoms with E-state index >= 15 is 0 Å². The fraction of sp³-hybridized carbons (Fsp3) is 0.240. The van der Waals surface area contributed by atoms with Crippen LogP contribution in [0.2, 0.25) is 0 Å². The second-order valence-electron chi connectivity index (χ2n) is 8.05. The van der Waals surface area contributed by atoms with Crippen molar-refractivity contribution in [3.8, 4) is 11.7 Å². The summed E-state index contributed by atoms with van der Waals surface area (Å²) in [6, 6.07) is 17.2. The zero-order valence-electron chi connectivity index (χ0n) is 19.1. The molecule has 10 heteroatoms. The van der Waals surface area contributed by atoms with Gasteiger partial charge in [-0.05, 0) is 31.2 Å². The number of amides is 1. The number of carbonyl (C=O) groups excluding carboxylic acids is 2. The van der Waals surface area contributed by atoms with Crippen LogP contribution in [-0.2, 0) is 27.3 Å². The molecule has 35 heavy (non-hydrogen) atoms. The van der Waals surface area contributed by atoms with E-state index in [9.17, 15) is 9.59 Å². The molecule has 178 valence electrons. The smallest absolute Gasteiger partial charge is 0.307 e. The number of aromatic nitrogens is 3. The number of carbonyl (C=O) groups is 2. The molecule has 5 aromatic rings. The minimum absolute atomic E-state index is 0.000960. The summed E-state index contributed by atoms with van der Waals surface area (Å²) in [5, 5.41) is 9.72. The van der Waals surface area contributed by atoms with Crippen LogP contribution in [-0.4, -0.2) is 45.1 Å². The molecule has 0 N–H and O–H groups in total. The van der Waals surface area contributed by atoms with E-state index in [2.05, 4.69) is 15.2 Å². The number of furan rings is 1. The fourth-order valence-electron chi connectivity index (χ4n) is 3.64. The number of likely N-dealkylation sites (N-methyl/N-ethyl adjacent to an activating group) is 1. The highest BCUT2D eigenvalue weighted by Gasteiger charge is 2.23. The summed E-state index contributed by atoms with van der Waals surface area (Å²) in [5.74, 6) is 0.155. The molecule has 3 heterocycles. The van der Waals surface area contributed by atoms with Gasteiger partial charge in [-0.25, -0.2) is 4.98 Å². The van der Waals surface area contributed by atoms with Gasteiger partial charge in [0.05, 0.1) is 23.2 Å². The van der Waals surface area contributed by atoms with E-state index < -0.39 is 12.1 Å². The van der Waals surface area contributed by atoms with Crippen molar-refractivity contribution in [1.82, 2.24) is 20.1 Å². The van der Waals surface area contributed by atoms with E-state index in [4.69, 9.17) is 13.6 Å². The monoisotopic (exact) mass is 490 g/mol. The molecule has 3 aromatic heterocycles. The van der Waals surface area contributed by atoms with Crippen molar-refractivity contribution in [3.05, 3.63) is 65.5 Å². The number of thiazole rings is 1. The number of rotatable bonds is 8. The summed E-state index contributed by atoms with van der Waals surface area (Å²) in [4.78, 5) is 31.0. The standard InChI is InChI=1S/C25H22N4O5S/c1-15(25(31)29(2)14-22-26-17-8-4-6-10-20(17)35-22)32-23(30)12-11-21-27-28-24(34-21)19-13-16-7-3-5-9-18(16)33-19/h3-10,13,15H,11-12,14H2,1-2H3. The highest BCUT2D eigenvalue weighted by molar-refractivity contribution is 7.18. The van der Waals surface area contributed by atoms with Crippen LogP contribution in [0.1, 0.15) is 24.2 Å². The van der Waals surface area contributed by atoms with Crippen molar-refractivity contribution < 1.29 is 23.2 Å². The number of para-hydroxylation sites is 2. The molecule has 0 bridgehead atoms. The number of esters is 1. The molecule has 0 spiro atoms. The number of benzene rings is 2. The van der Waals surface area contributed by atoms with E-state index in [-0.39, 0.29) is 30.5 Å². The summed E-state index contributed by atoms with van der Waals surface area (Å²) in [7, 11) is 1.66. The molecule has 0 aliphatic rings. The molecular formula is C25H22N4O5S. The number of fused-ring (bicyclic) bond motifs is 2. The predicted molar refractivity (Wildman–Crippen MR) is 129 cm³/mol. The Kier molecular flexibility index (Phi) is 6.28.